The van der Waals surface area contributed by atoms with E-state index in [9.17, 15) is 8.42 Å². The first kappa shape index (κ1) is 15.4. The molecular formula is C14H22N2O3S2. The van der Waals surface area contributed by atoms with Crippen LogP contribution in [0.4, 0.5) is 0 Å². The van der Waals surface area contributed by atoms with Crippen LogP contribution >= 0.6 is 11.8 Å². The van der Waals surface area contributed by atoms with Gasteiger partial charge >= 0.3 is 0 Å². The summed E-state index contributed by atoms with van der Waals surface area (Å²) in [5.41, 5.74) is 0.776. The highest BCUT2D eigenvalue weighted by atomic mass is 32.2. The molecule has 1 unspecified atom stereocenters. The van der Waals surface area contributed by atoms with Gasteiger partial charge in [0.2, 0.25) is 10.0 Å². The van der Waals surface area contributed by atoms with Crippen molar-refractivity contribution in [3.8, 4) is 0 Å². The van der Waals surface area contributed by atoms with E-state index in [4.69, 9.17) is 4.42 Å². The monoisotopic (exact) mass is 330 g/mol. The Labute approximate surface area is 130 Å². The van der Waals surface area contributed by atoms with Crippen molar-refractivity contribution in [2.45, 2.75) is 56.6 Å². The van der Waals surface area contributed by atoms with Crippen LogP contribution in [0.25, 0.3) is 0 Å². The van der Waals surface area contributed by atoms with Gasteiger partial charge in [0.25, 0.3) is 0 Å². The Morgan fingerprint density at radius 1 is 1.19 bits per heavy atom. The predicted molar refractivity (Wildman–Crippen MR) is 84.1 cm³/mol. The molecule has 0 radical (unpaired) electrons. The third-order valence-electron chi connectivity index (χ3n) is 3.99. The zero-order valence-electron chi connectivity index (χ0n) is 12.4. The van der Waals surface area contributed by atoms with Gasteiger partial charge in [0.05, 0.1) is 0 Å². The summed E-state index contributed by atoms with van der Waals surface area (Å²) >= 11 is 1.79. The maximum Gasteiger partial charge on any atom is 0.244 e. The highest BCUT2D eigenvalue weighted by Gasteiger charge is 2.31. The first-order chi connectivity index (χ1) is 9.97. The summed E-state index contributed by atoms with van der Waals surface area (Å²) in [6.45, 7) is 4.12. The number of thioether (sulfide) groups is 1. The number of nitrogens with one attached hydrogen (secondary N) is 2. The van der Waals surface area contributed by atoms with Gasteiger partial charge in [-0.1, -0.05) is 0 Å². The Hall–Kier alpha value is -0.500. The SMILES string of the molecule is Cc1oc(C)c(S(=O)(=O)NC2CCSC2)c1CNC1CC1. The fourth-order valence-corrected chi connectivity index (χ4v) is 5.68. The van der Waals surface area contributed by atoms with Crippen molar-refractivity contribution < 1.29 is 12.8 Å². The molecule has 1 aromatic heterocycles. The number of rotatable bonds is 6. The van der Waals surface area contributed by atoms with E-state index < -0.39 is 10.0 Å². The van der Waals surface area contributed by atoms with Gasteiger partial charge in [-0.3, -0.25) is 0 Å². The predicted octanol–water partition coefficient (Wildman–Crippen LogP) is 1.93. The van der Waals surface area contributed by atoms with Crippen LogP contribution in [0.2, 0.25) is 0 Å². The van der Waals surface area contributed by atoms with Crippen molar-refractivity contribution in [1.82, 2.24) is 10.0 Å². The Balaban J connectivity index is 1.84. The average Bonchev–Trinajstić information content (AvgIpc) is 3.00. The molecule has 0 aromatic carbocycles. The lowest BCUT2D eigenvalue weighted by molar-refractivity contribution is 0.492. The van der Waals surface area contributed by atoms with Crippen LogP contribution in [0.1, 0.15) is 36.3 Å². The first-order valence-corrected chi connectivity index (χ1v) is 10.0. The molecule has 2 N–H and O–H groups in total. The topological polar surface area (TPSA) is 71.3 Å². The lowest BCUT2D eigenvalue weighted by Crippen LogP contribution is -2.35. The Bertz CT molecular complexity index is 614. The van der Waals surface area contributed by atoms with Crippen LogP contribution in [-0.2, 0) is 16.6 Å². The van der Waals surface area contributed by atoms with Gasteiger partial charge in [0, 0.05) is 29.9 Å². The van der Waals surface area contributed by atoms with Crippen LogP contribution in [-0.4, -0.2) is 32.0 Å². The average molecular weight is 330 g/mol. The second-order valence-corrected chi connectivity index (χ2v) is 8.66. The summed E-state index contributed by atoms with van der Waals surface area (Å²) in [7, 11) is -3.51. The molecule has 1 aliphatic heterocycles. The Morgan fingerprint density at radius 3 is 2.57 bits per heavy atom. The Morgan fingerprint density at radius 2 is 1.95 bits per heavy atom. The second kappa shape index (κ2) is 5.95. The fourth-order valence-electron chi connectivity index (χ4n) is 2.71. The van der Waals surface area contributed by atoms with Crippen LogP contribution < -0.4 is 10.0 Å². The third kappa shape index (κ3) is 3.47. The number of hydrogen-bond donors (Lipinski definition) is 2. The minimum Gasteiger partial charge on any atom is -0.465 e. The molecule has 2 aliphatic rings. The van der Waals surface area contributed by atoms with Crippen molar-refractivity contribution in [1.29, 1.82) is 0 Å². The van der Waals surface area contributed by atoms with Crippen LogP contribution in [0.3, 0.4) is 0 Å². The summed E-state index contributed by atoms with van der Waals surface area (Å²) in [6.07, 6.45) is 3.25. The number of aryl methyl sites for hydroxylation is 2. The lowest BCUT2D eigenvalue weighted by atomic mass is 10.2. The van der Waals surface area contributed by atoms with Gasteiger partial charge in [0.15, 0.2) is 0 Å². The van der Waals surface area contributed by atoms with E-state index in [-0.39, 0.29) is 6.04 Å². The molecule has 7 heteroatoms. The maximum absolute atomic E-state index is 12.7. The first-order valence-electron chi connectivity index (χ1n) is 7.39. The molecule has 3 rings (SSSR count). The van der Waals surface area contributed by atoms with Gasteiger partial charge in [-0.2, -0.15) is 11.8 Å². The van der Waals surface area contributed by atoms with Crippen molar-refractivity contribution in [2.24, 2.45) is 0 Å². The minimum absolute atomic E-state index is 0.0406. The van der Waals surface area contributed by atoms with Crippen LogP contribution in [0.5, 0.6) is 0 Å². The van der Waals surface area contributed by atoms with Crippen molar-refractivity contribution in [3.05, 3.63) is 17.1 Å². The van der Waals surface area contributed by atoms with Crippen molar-refractivity contribution >= 4 is 21.8 Å². The molecule has 1 atom stereocenters. The number of hydrogen-bond acceptors (Lipinski definition) is 5. The minimum atomic E-state index is -3.51. The normalized spacial score (nSPS) is 22.9. The quantitative estimate of drug-likeness (QED) is 0.834. The standard InChI is InChI=1S/C14H22N2O3S2/c1-9-13(7-15-11-3-4-11)14(10(2)19-9)21(17,18)16-12-5-6-20-8-12/h11-12,15-16H,3-8H2,1-2H3. The molecule has 21 heavy (non-hydrogen) atoms. The number of sulfonamides is 1. The summed E-state index contributed by atoms with van der Waals surface area (Å²) in [6, 6.07) is 0.577. The second-order valence-electron chi connectivity index (χ2n) is 5.86. The Kier molecular flexibility index (Phi) is 4.36. The molecule has 2 heterocycles. The molecule has 0 spiro atoms. The van der Waals surface area contributed by atoms with Crippen molar-refractivity contribution in [2.75, 3.05) is 11.5 Å². The molecule has 1 saturated heterocycles. The molecule has 118 valence electrons. The van der Waals surface area contributed by atoms with E-state index in [1.807, 2.05) is 6.92 Å². The largest absolute Gasteiger partial charge is 0.465 e. The van der Waals surface area contributed by atoms with E-state index in [0.29, 0.717) is 29.0 Å². The highest BCUT2D eigenvalue weighted by molar-refractivity contribution is 7.99. The van der Waals surface area contributed by atoms with Gasteiger partial charge in [-0.05, 0) is 38.9 Å². The molecule has 2 fully saturated rings. The van der Waals surface area contributed by atoms with E-state index in [0.717, 1.165) is 23.5 Å². The van der Waals surface area contributed by atoms with Crippen LogP contribution in [0.15, 0.2) is 9.31 Å². The zero-order chi connectivity index (χ0) is 15.0. The highest BCUT2D eigenvalue weighted by Crippen LogP contribution is 2.29. The molecule has 1 aromatic rings. The molecule has 1 aliphatic carbocycles. The maximum atomic E-state index is 12.7. The fraction of sp³-hybridized carbons (Fsp3) is 0.714. The molecule has 0 amide bonds. The zero-order valence-corrected chi connectivity index (χ0v) is 14.1. The van der Waals surface area contributed by atoms with E-state index in [1.54, 1.807) is 18.7 Å². The van der Waals surface area contributed by atoms with Gasteiger partial charge in [-0.25, -0.2) is 13.1 Å². The molecular weight excluding hydrogens is 308 g/mol. The molecule has 1 saturated carbocycles. The van der Waals surface area contributed by atoms with Gasteiger partial charge < -0.3 is 9.73 Å². The number of furan rings is 1. The van der Waals surface area contributed by atoms with E-state index in [1.165, 1.54) is 12.8 Å². The summed E-state index contributed by atoms with van der Waals surface area (Å²) in [4.78, 5) is 0.338. The summed E-state index contributed by atoms with van der Waals surface area (Å²) in [5, 5.41) is 3.38. The lowest BCUT2D eigenvalue weighted by Gasteiger charge is -2.13. The third-order valence-corrected chi connectivity index (χ3v) is 6.87. The van der Waals surface area contributed by atoms with E-state index in [2.05, 4.69) is 10.0 Å². The van der Waals surface area contributed by atoms with Gasteiger partial charge in [-0.15, -0.1) is 0 Å². The van der Waals surface area contributed by atoms with Gasteiger partial charge in [0.1, 0.15) is 16.4 Å². The summed E-state index contributed by atoms with van der Waals surface area (Å²) in [5.74, 6) is 3.05. The smallest absolute Gasteiger partial charge is 0.244 e. The molecule has 0 bridgehead atoms. The van der Waals surface area contributed by atoms with Crippen LogP contribution in [0, 0.1) is 13.8 Å². The molecule has 5 nitrogen and oxygen atoms in total. The van der Waals surface area contributed by atoms with E-state index >= 15 is 0 Å². The summed E-state index contributed by atoms with van der Waals surface area (Å²) < 4.78 is 33.8. The van der Waals surface area contributed by atoms with Crippen molar-refractivity contribution in [3.63, 3.8) is 0 Å².